The van der Waals surface area contributed by atoms with Crippen LogP contribution >= 0.6 is 61.7 Å². The Bertz CT molecular complexity index is 649. The topological polar surface area (TPSA) is 29.1 Å². The number of benzene rings is 2. The molecule has 0 radical (unpaired) electrons. The Morgan fingerprint density at radius 1 is 1.16 bits per heavy atom. The monoisotopic (exact) mass is 469 g/mol. The van der Waals surface area contributed by atoms with Gasteiger partial charge in [0, 0.05) is 13.1 Å². The predicted molar refractivity (Wildman–Crippen MR) is 91.3 cm³/mol. The van der Waals surface area contributed by atoms with Crippen LogP contribution in [0.25, 0.3) is 0 Å². The number of hydrogen-bond acceptors (Lipinski definition) is 1. The lowest BCUT2D eigenvalue weighted by Gasteiger charge is -2.09. The molecule has 0 spiro atoms. The van der Waals surface area contributed by atoms with Gasteiger partial charge in [0.1, 0.15) is 0 Å². The second-order valence-corrected chi connectivity index (χ2v) is 6.62. The molecule has 0 fully saturated rings. The first-order valence-electron chi connectivity index (χ1n) is 5.19. The first-order valence-corrected chi connectivity index (χ1v) is 7.81. The van der Waals surface area contributed by atoms with Crippen molar-refractivity contribution < 1.29 is 4.79 Å². The summed E-state index contributed by atoms with van der Waals surface area (Å²) in [6.45, 7) is 0. The van der Waals surface area contributed by atoms with E-state index in [1.165, 1.54) is 0 Å². The first kappa shape index (κ1) is 15.1. The number of carbonyl (C=O) groups excluding carboxylic acids is 1. The average molecular weight is 471 g/mol. The van der Waals surface area contributed by atoms with Crippen molar-refractivity contribution in [1.29, 1.82) is 0 Å². The minimum absolute atomic E-state index is 0.258. The molecular formula is C13H7BrCl2INO. The van der Waals surface area contributed by atoms with E-state index in [0.29, 0.717) is 21.3 Å². The fourth-order valence-corrected chi connectivity index (χ4v) is 3.02. The van der Waals surface area contributed by atoms with E-state index >= 15 is 0 Å². The number of carbonyl (C=O) groups is 1. The van der Waals surface area contributed by atoms with Crippen molar-refractivity contribution in [3.63, 3.8) is 0 Å². The second-order valence-electron chi connectivity index (χ2n) is 3.70. The van der Waals surface area contributed by atoms with Crippen LogP contribution in [0.2, 0.25) is 10.0 Å². The Morgan fingerprint density at radius 2 is 1.89 bits per heavy atom. The van der Waals surface area contributed by atoms with E-state index in [1.54, 1.807) is 36.4 Å². The van der Waals surface area contributed by atoms with Crippen LogP contribution in [0.15, 0.2) is 40.9 Å². The van der Waals surface area contributed by atoms with Crippen molar-refractivity contribution in [1.82, 2.24) is 0 Å². The molecule has 0 aliphatic heterocycles. The standard InChI is InChI=1S/C13H7BrCl2INO/c14-7-1-3-10(16)9(5-7)13(19)18-12-4-2-8(15)6-11(12)17/h1-6H,(H,18,19). The minimum Gasteiger partial charge on any atom is -0.321 e. The highest BCUT2D eigenvalue weighted by molar-refractivity contribution is 14.1. The SMILES string of the molecule is O=C(Nc1ccc(Cl)cc1I)c1cc(Br)ccc1Cl. The molecule has 1 N–H and O–H groups in total. The lowest BCUT2D eigenvalue weighted by molar-refractivity contribution is 0.102. The molecule has 0 aromatic heterocycles. The van der Waals surface area contributed by atoms with Crippen LogP contribution in [-0.4, -0.2) is 5.91 Å². The van der Waals surface area contributed by atoms with Gasteiger partial charge in [-0.1, -0.05) is 39.1 Å². The van der Waals surface area contributed by atoms with Crippen LogP contribution in [0.3, 0.4) is 0 Å². The second kappa shape index (κ2) is 6.43. The van der Waals surface area contributed by atoms with E-state index in [9.17, 15) is 4.79 Å². The molecule has 0 saturated heterocycles. The zero-order valence-corrected chi connectivity index (χ0v) is 14.6. The Balaban J connectivity index is 2.28. The number of rotatable bonds is 2. The van der Waals surface area contributed by atoms with E-state index in [1.807, 2.05) is 0 Å². The van der Waals surface area contributed by atoms with Crippen LogP contribution < -0.4 is 5.32 Å². The maximum atomic E-state index is 12.2. The third-order valence-electron chi connectivity index (χ3n) is 2.35. The molecule has 0 unspecified atom stereocenters. The maximum Gasteiger partial charge on any atom is 0.257 e. The fourth-order valence-electron chi connectivity index (χ4n) is 1.45. The zero-order chi connectivity index (χ0) is 14.0. The van der Waals surface area contributed by atoms with E-state index in [4.69, 9.17) is 23.2 Å². The zero-order valence-electron chi connectivity index (χ0n) is 9.38. The molecule has 1 amide bonds. The molecule has 0 aliphatic rings. The van der Waals surface area contributed by atoms with Crippen LogP contribution in [-0.2, 0) is 0 Å². The maximum absolute atomic E-state index is 12.2. The minimum atomic E-state index is -0.258. The summed E-state index contributed by atoms with van der Waals surface area (Å²) in [5, 5.41) is 3.85. The van der Waals surface area contributed by atoms with Crippen LogP contribution in [0.5, 0.6) is 0 Å². The molecule has 19 heavy (non-hydrogen) atoms. The summed E-state index contributed by atoms with van der Waals surface area (Å²) in [7, 11) is 0. The molecule has 2 aromatic carbocycles. The van der Waals surface area contributed by atoms with Crippen molar-refractivity contribution >= 4 is 73.3 Å². The fraction of sp³-hybridized carbons (Fsp3) is 0. The molecule has 2 aromatic rings. The van der Waals surface area contributed by atoms with Crippen LogP contribution in [0, 0.1) is 3.57 Å². The quantitative estimate of drug-likeness (QED) is 0.568. The summed E-state index contributed by atoms with van der Waals surface area (Å²) in [6, 6.07) is 10.4. The predicted octanol–water partition coefficient (Wildman–Crippen LogP) is 5.61. The third kappa shape index (κ3) is 3.84. The molecular weight excluding hydrogens is 464 g/mol. The number of hydrogen-bond donors (Lipinski definition) is 1. The average Bonchev–Trinajstić information content (AvgIpc) is 2.35. The number of nitrogens with one attached hydrogen (secondary N) is 1. The molecule has 2 nitrogen and oxygen atoms in total. The summed E-state index contributed by atoms with van der Waals surface area (Å²) in [6.07, 6.45) is 0. The van der Waals surface area contributed by atoms with Gasteiger partial charge in [-0.15, -0.1) is 0 Å². The summed E-state index contributed by atoms with van der Waals surface area (Å²) < 4.78 is 1.66. The molecule has 2 rings (SSSR count). The Hall–Kier alpha value is -0.300. The highest BCUT2D eigenvalue weighted by Crippen LogP contribution is 2.25. The summed E-state index contributed by atoms with van der Waals surface area (Å²) >= 11 is 17.3. The summed E-state index contributed by atoms with van der Waals surface area (Å²) in [5.74, 6) is -0.258. The molecule has 0 saturated carbocycles. The van der Waals surface area contributed by atoms with Gasteiger partial charge < -0.3 is 5.32 Å². The van der Waals surface area contributed by atoms with E-state index in [2.05, 4.69) is 43.8 Å². The van der Waals surface area contributed by atoms with Gasteiger partial charge in [0.05, 0.1) is 16.3 Å². The van der Waals surface area contributed by atoms with Gasteiger partial charge >= 0.3 is 0 Å². The Morgan fingerprint density at radius 3 is 2.58 bits per heavy atom. The van der Waals surface area contributed by atoms with E-state index < -0.39 is 0 Å². The normalized spacial score (nSPS) is 10.3. The Kier molecular flexibility index (Phi) is 5.11. The van der Waals surface area contributed by atoms with Crippen molar-refractivity contribution in [2.75, 3.05) is 5.32 Å². The van der Waals surface area contributed by atoms with Gasteiger partial charge in [-0.3, -0.25) is 4.79 Å². The van der Waals surface area contributed by atoms with E-state index in [0.717, 1.165) is 8.04 Å². The molecule has 98 valence electrons. The van der Waals surface area contributed by atoms with Gasteiger partial charge in [0.15, 0.2) is 0 Å². The summed E-state index contributed by atoms with van der Waals surface area (Å²) in [5.41, 5.74) is 1.12. The lowest BCUT2D eigenvalue weighted by atomic mass is 10.2. The van der Waals surface area contributed by atoms with Gasteiger partial charge in [-0.2, -0.15) is 0 Å². The van der Waals surface area contributed by atoms with Crippen molar-refractivity contribution in [3.8, 4) is 0 Å². The highest BCUT2D eigenvalue weighted by atomic mass is 127. The van der Waals surface area contributed by atoms with Gasteiger partial charge in [-0.05, 0) is 59.0 Å². The molecule has 0 bridgehead atoms. The smallest absolute Gasteiger partial charge is 0.257 e. The molecule has 6 heteroatoms. The van der Waals surface area contributed by atoms with Gasteiger partial charge in [-0.25, -0.2) is 0 Å². The van der Waals surface area contributed by atoms with E-state index in [-0.39, 0.29) is 5.91 Å². The van der Waals surface area contributed by atoms with Gasteiger partial charge in [0.25, 0.3) is 5.91 Å². The highest BCUT2D eigenvalue weighted by Gasteiger charge is 2.12. The molecule has 0 heterocycles. The largest absolute Gasteiger partial charge is 0.321 e. The first-order chi connectivity index (χ1) is 8.97. The van der Waals surface area contributed by atoms with Crippen molar-refractivity contribution in [2.45, 2.75) is 0 Å². The van der Waals surface area contributed by atoms with Crippen molar-refractivity contribution in [3.05, 3.63) is 60.0 Å². The van der Waals surface area contributed by atoms with Crippen LogP contribution in [0.1, 0.15) is 10.4 Å². The Labute approximate surface area is 142 Å². The number of anilines is 1. The lowest BCUT2D eigenvalue weighted by Crippen LogP contribution is -2.13. The van der Waals surface area contributed by atoms with Crippen molar-refractivity contribution in [2.24, 2.45) is 0 Å². The number of amides is 1. The molecule has 0 atom stereocenters. The molecule has 0 aliphatic carbocycles. The third-order valence-corrected chi connectivity index (χ3v) is 4.30. The summed E-state index contributed by atoms with van der Waals surface area (Å²) in [4.78, 5) is 12.2. The number of halogens is 4. The van der Waals surface area contributed by atoms with Crippen LogP contribution in [0.4, 0.5) is 5.69 Å². The van der Waals surface area contributed by atoms with Gasteiger partial charge in [0.2, 0.25) is 0 Å².